The lowest BCUT2D eigenvalue weighted by Gasteiger charge is -2.18. The first kappa shape index (κ1) is 11.9. The van der Waals surface area contributed by atoms with E-state index in [2.05, 4.69) is 23.8 Å². The molecule has 2 bridgehead atoms. The molecule has 0 aliphatic carbocycles. The van der Waals surface area contributed by atoms with Crippen molar-refractivity contribution in [1.29, 1.82) is 0 Å². The lowest BCUT2D eigenvalue weighted by atomic mass is 9.88. The molecular formula is C14H20N2O2. The van der Waals surface area contributed by atoms with Gasteiger partial charge in [-0.1, -0.05) is 13.8 Å². The Balaban J connectivity index is 1.87. The summed E-state index contributed by atoms with van der Waals surface area (Å²) in [7, 11) is 0. The Hall–Kier alpha value is -1.16. The molecule has 1 aromatic rings. The van der Waals surface area contributed by atoms with Crippen LogP contribution in [0, 0.1) is 5.92 Å². The summed E-state index contributed by atoms with van der Waals surface area (Å²) in [6.07, 6.45) is 4.80. The molecule has 3 heterocycles. The predicted molar refractivity (Wildman–Crippen MR) is 68.7 cm³/mol. The van der Waals surface area contributed by atoms with Gasteiger partial charge in [-0.15, -0.1) is 0 Å². The fourth-order valence-electron chi connectivity index (χ4n) is 3.15. The van der Waals surface area contributed by atoms with Gasteiger partial charge in [-0.2, -0.15) is 0 Å². The number of fused-ring (bicyclic) bond motifs is 2. The van der Waals surface area contributed by atoms with E-state index in [4.69, 9.17) is 4.74 Å². The molecule has 3 unspecified atom stereocenters. The first-order valence-electron chi connectivity index (χ1n) is 6.87. The minimum Gasteiger partial charge on any atom is -0.374 e. The standard InChI is InChI=1S/C14H20N2O2/c1-8(2)5-9-6-13(17)16-14(15-9)11-7-10-3-4-12(11)18-10/h6,8,10-12H,3-5,7H2,1-2H3,(H,15,16,17). The van der Waals surface area contributed by atoms with Gasteiger partial charge in [-0.3, -0.25) is 4.79 Å². The molecule has 0 aromatic carbocycles. The minimum atomic E-state index is -0.0292. The topological polar surface area (TPSA) is 55.0 Å². The number of hydrogen-bond acceptors (Lipinski definition) is 3. The van der Waals surface area contributed by atoms with Crippen LogP contribution < -0.4 is 5.56 Å². The Labute approximate surface area is 107 Å². The normalized spacial score (nSPS) is 30.3. The second kappa shape index (κ2) is 4.50. The smallest absolute Gasteiger partial charge is 0.251 e. The molecule has 0 radical (unpaired) electrons. The van der Waals surface area contributed by atoms with Crippen LogP contribution >= 0.6 is 0 Å². The first-order valence-corrected chi connectivity index (χ1v) is 6.87. The predicted octanol–water partition coefficient (Wildman–Crippen LogP) is 2.00. The van der Waals surface area contributed by atoms with E-state index in [0.717, 1.165) is 37.2 Å². The van der Waals surface area contributed by atoms with Crippen LogP contribution in [0.1, 0.15) is 50.5 Å². The second-order valence-corrected chi connectivity index (χ2v) is 5.94. The molecule has 18 heavy (non-hydrogen) atoms. The maximum Gasteiger partial charge on any atom is 0.251 e. The van der Waals surface area contributed by atoms with Gasteiger partial charge in [0.1, 0.15) is 5.82 Å². The van der Waals surface area contributed by atoms with Crippen LogP contribution in [0.2, 0.25) is 0 Å². The van der Waals surface area contributed by atoms with Gasteiger partial charge in [0.05, 0.1) is 12.2 Å². The van der Waals surface area contributed by atoms with Gasteiger partial charge >= 0.3 is 0 Å². The maximum absolute atomic E-state index is 11.7. The van der Waals surface area contributed by atoms with E-state index in [0.29, 0.717) is 17.9 Å². The third kappa shape index (κ3) is 2.21. The molecule has 1 N–H and O–H groups in total. The number of rotatable bonds is 3. The van der Waals surface area contributed by atoms with Crippen LogP contribution in [-0.4, -0.2) is 22.2 Å². The van der Waals surface area contributed by atoms with Crippen LogP contribution in [0.4, 0.5) is 0 Å². The summed E-state index contributed by atoms with van der Waals surface area (Å²) in [5, 5.41) is 0. The van der Waals surface area contributed by atoms with E-state index >= 15 is 0 Å². The van der Waals surface area contributed by atoms with Gasteiger partial charge in [0.15, 0.2) is 0 Å². The Kier molecular flexibility index (Phi) is 2.98. The highest BCUT2D eigenvalue weighted by atomic mass is 16.5. The summed E-state index contributed by atoms with van der Waals surface area (Å²) in [5.41, 5.74) is 0.880. The summed E-state index contributed by atoms with van der Waals surface area (Å²) >= 11 is 0. The maximum atomic E-state index is 11.7. The number of H-pyrrole nitrogens is 1. The van der Waals surface area contributed by atoms with Crippen molar-refractivity contribution in [1.82, 2.24) is 9.97 Å². The van der Waals surface area contributed by atoms with Gasteiger partial charge in [0, 0.05) is 17.7 Å². The summed E-state index contributed by atoms with van der Waals surface area (Å²) in [6.45, 7) is 4.28. The van der Waals surface area contributed by atoms with Gasteiger partial charge in [-0.05, 0) is 31.6 Å². The van der Waals surface area contributed by atoms with E-state index in [1.54, 1.807) is 6.07 Å². The zero-order valence-electron chi connectivity index (χ0n) is 11.0. The van der Waals surface area contributed by atoms with Gasteiger partial charge in [0.25, 0.3) is 5.56 Å². The van der Waals surface area contributed by atoms with E-state index < -0.39 is 0 Å². The molecule has 2 aliphatic heterocycles. The van der Waals surface area contributed by atoms with Crippen LogP contribution in [0.5, 0.6) is 0 Å². The van der Waals surface area contributed by atoms with Crippen LogP contribution in [0.25, 0.3) is 0 Å². The molecule has 2 aliphatic rings. The van der Waals surface area contributed by atoms with E-state index in [1.807, 2.05) is 0 Å². The minimum absolute atomic E-state index is 0.0292. The SMILES string of the molecule is CC(C)Cc1cc(=O)[nH]c(C2CC3CCC2O3)n1. The average molecular weight is 248 g/mol. The molecule has 4 heteroatoms. The third-order valence-corrected chi connectivity index (χ3v) is 3.89. The van der Waals surface area contributed by atoms with Crippen molar-refractivity contribution >= 4 is 0 Å². The second-order valence-electron chi connectivity index (χ2n) is 5.94. The molecule has 4 nitrogen and oxygen atoms in total. The quantitative estimate of drug-likeness (QED) is 0.890. The van der Waals surface area contributed by atoms with Crippen molar-refractivity contribution in [2.24, 2.45) is 5.92 Å². The Morgan fingerprint density at radius 2 is 2.33 bits per heavy atom. The lowest BCUT2D eigenvalue weighted by Crippen LogP contribution is -2.22. The van der Waals surface area contributed by atoms with Crippen molar-refractivity contribution in [2.45, 2.75) is 57.7 Å². The monoisotopic (exact) mass is 248 g/mol. The largest absolute Gasteiger partial charge is 0.374 e. The number of nitrogens with one attached hydrogen (secondary N) is 1. The average Bonchev–Trinajstić information content (AvgIpc) is 2.88. The van der Waals surface area contributed by atoms with Gasteiger partial charge in [-0.25, -0.2) is 4.98 Å². The first-order chi connectivity index (χ1) is 8.61. The zero-order chi connectivity index (χ0) is 12.7. The van der Waals surface area contributed by atoms with Crippen LogP contribution in [0.15, 0.2) is 10.9 Å². The number of nitrogens with zero attached hydrogens (tertiary/aromatic N) is 1. The summed E-state index contributed by atoms with van der Waals surface area (Å²) in [6, 6.07) is 1.62. The van der Waals surface area contributed by atoms with Crippen molar-refractivity contribution < 1.29 is 4.74 Å². The number of ether oxygens (including phenoxy) is 1. The molecule has 3 atom stereocenters. The van der Waals surface area contributed by atoms with Crippen molar-refractivity contribution in [3.63, 3.8) is 0 Å². The van der Waals surface area contributed by atoms with Crippen molar-refractivity contribution in [3.05, 3.63) is 27.9 Å². The zero-order valence-corrected chi connectivity index (χ0v) is 11.0. The molecular weight excluding hydrogens is 228 g/mol. The fourth-order valence-corrected chi connectivity index (χ4v) is 3.15. The molecule has 0 spiro atoms. The highest BCUT2D eigenvalue weighted by molar-refractivity contribution is 5.11. The highest BCUT2D eigenvalue weighted by Gasteiger charge is 2.42. The van der Waals surface area contributed by atoms with E-state index in [9.17, 15) is 4.79 Å². The fraction of sp³-hybridized carbons (Fsp3) is 0.714. The summed E-state index contributed by atoms with van der Waals surface area (Å²) < 4.78 is 5.84. The van der Waals surface area contributed by atoms with Gasteiger partial charge < -0.3 is 9.72 Å². The molecule has 0 amide bonds. The Bertz CT molecular complexity index is 495. The Morgan fingerprint density at radius 3 is 2.94 bits per heavy atom. The molecule has 3 rings (SSSR count). The molecule has 2 fully saturated rings. The van der Waals surface area contributed by atoms with E-state index in [1.165, 1.54) is 0 Å². The van der Waals surface area contributed by atoms with Crippen molar-refractivity contribution in [2.75, 3.05) is 0 Å². The number of aromatic nitrogens is 2. The highest BCUT2D eigenvalue weighted by Crippen LogP contribution is 2.43. The van der Waals surface area contributed by atoms with Crippen LogP contribution in [0.3, 0.4) is 0 Å². The third-order valence-electron chi connectivity index (χ3n) is 3.89. The summed E-state index contributed by atoms with van der Waals surface area (Å²) in [5.74, 6) is 1.65. The summed E-state index contributed by atoms with van der Waals surface area (Å²) in [4.78, 5) is 19.3. The molecule has 0 saturated carbocycles. The lowest BCUT2D eigenvalue weighted by molar-refractivity contribution is 0.0998. The van der Waals surface area contributed by atoms with E-state index in [-0.39, 0.29) is 11.7 Å². The van der Waals surface area contributed by atoms with Crippen molar-refractivity contribution in [3.8, 4) is 0 Å². The number of aromatic amines is 1. The molecule has 98 valence electrons. The van der Waals surface area contributed by atoms with Crippen LogP contribution in [-0.2, 0) is 11.2 Å². The molecule has 1 aromatic heterocycles. The Morgan fingerprint density at radius 1 is 1.50 bits per heavy atom. The van der Waals surface area contributed by atoms with Gasteiger partial charge in [0.2, 0.25) is 0 Å². The number of hydrogen-bond donors (Lipinski definition) is 1. The molecule has 2 saturated heterocycles.